The molecule has 0 unspecified atom stereocenters. The van der Waals surface area contributed by atoms with Crippen LogP contribution in [-0.4, -0.2) is 43.0 Å². The van der Waals surface area contributed by atoms with Crippen molar-refractivity contribution in [2.75, 3.05) is 19.8 Å². The molecule has 1 aromatic carbocycles. The number of rotatable bonds is 10. The number of hydrogen-bond acceptors (Lipinski definition) is 9. The Balaban J connectivity index is 2.24. The molecule has 0 saturated carbocycles. The number of nitro groups is 1. The van der Waals surface area contributed by atoms with Crippen LogP contribution in [0.4, 0.5) is 5.69 Å². The van der Waals surface area contributed by atoms with Gasteiger partial charge in [-0.1, -0.05) is 6.07 Å². The quantitative estimate of drug-likeness (QED) is 0.200. The molecular weight excluding hydrogens is 396 g/mol. The van der Waals surface area contributed by atoms with Crippen molar-refractivity contribution >= 4 is 17.6 Å². The maximum absolute atomic E-state index is 12.6. The summed E-state index contributed by atoms with van der Waals surface area (Å²) in [5.74, 6) is -1.35. The van der Waals surface area contributed by atoms with Crippen LogP contribution in [0.15, 0.2) is 47.3 Å². The largest absolute Gasteiger partial charge is 0.463 e. The first kappa shape index (κ1) is 23.0. The highest BCUT2D eigenvalue weighted by Crippen LogP contribution is 2.26. The van der Waals surface area contributed by atoms with Gasteiger partial charge in [0.25, 0.3) is 5.69 Å². The highest BCUT2D eigenvalue weighted by molar-refractivity contribution is 5.96. The van der Waals surface area contributed by atoms with Gasteiger partial charge in [0.15, 0.2) is 6.29 Å². The number of carbonyl (C=O) groups is 2. The van der Waals surface area contributed by atoms with Crippen LogP contribution < -0.4 is 10.1 Å². The fourth-order valence-electron chi connectivity index (χ4n) is 2.68. The van der Waals surface area contributed by atoms with Crippen LogP contribution in [0.1, 0.15) is 27.2 Å². The van der Waals surface area contributed by atoms with Crippen LogP contribution in [0, 0.1) is 10.1 Å². The van der Waals surface area contributed by atoms with E-state index in [4.69, 9.17) is 18.9 Å². The van der Waals surface area contributed by atoms with Gasteiger partial charge < -0.3 is 24.3 Å². The summed E-state index contributed by atoms with van der Waals surface area (Å²) in [7, 11) is 0. The number of ether oxygens (including phenoxy) is 4. The van der Waals surface area contributed by atoms with Crippen molar-refractivity contribution in [3.05, 3.63) is 57.4 Å². The molecule has 1 N–H and O–H groups in total. The van der Waals surface area contributed by atoms with Crippen LogP contribution in [0.3, 0.4) is 0 Å². The van der Waals surface area contributed by atoms with Crippen LogP contribution in [0.2, 0.25) is 0 Å². The van der Waals surface area contributed by atoms with Crippen molar-refractivity contribution in [3.8, 4) is 5.75 Å². The lowest BCUT2D eigenvalue weighted by atomic mass is 10.0. The topological polar surface area (TPSA) is 126 Å². The lowest BCUT2D eigenvalue weighted by molar-refractivity contribution is -0.384. The molecule has 10 heteroatoms. The molecule has 1 heterocycles. The molecule has 1 aliphatic heterocycles. The van der Waals surface area contributed by atoms with Gasteiger partial charge in [0.2, 0.25) is 0 Å². The number of dihydropyridines is 1. The smallest absolute Gasteiger partial charge is 0.341 e. The third-order valence-electron chi connectivity index (χ3n) is 3.99. The molecule has 0 aromatic heterocycles. The fraction of sp³-hybridized carbons (Fsp3) is 0.400. The first-order valence-electron chi connectivity index (χ1n) is 9.46. The molecule has 1 aromatic rings. The number of nitro benzene ring substituents is 1. The Bertz CT molecular complexity index is 856. The van der Waals surface area contributed by atoms with Gasteiger partial charge in [-0.2, -0.15) is 0 Å². The number of esters is 2. The maximum atomic E-state index is 12.6. The van der Waals surface area contributed by atoms with E-state index in [0.717, 1.165) is 6.07 Å². The summed E-state index contributed by atoms with van der Waals surface area (Å²) in [5.41, 5.74) is 0.461. The Morgan fingerprint density at radius 1 is 1.13 bits per heavy atom. The third kappa shape index (κ3) is 5.88. The van der Waals surface area contributed by atoms with Gasteiger partial charge in [0.05, 0.1) is 34.4 Å². The van der Waals surface area contributed by atoms with E-state index in [9.17, 15) is 19.7 Å². The van der Waals surface area contributed by atoms with Crippen LogP contribution >= 0.6 is 0 Å². The Morgan fingerprint density at radius 2 is 1.83 bits per heavy atom. The van der Waals surface area contributed by atoms with E-state index in [2.05, 4.69) is 5.32 Å². The van der Waals surface area contributed by atoms with Crippen molar-refractivity contribution in [1.29, 1.82) is 0 Å². The van der Waals surface area contributed by atoms with Crippen molar-refractivity contribution in [3.63, 3.8) is 0 Å². The normalized spacial score (nSPS) is 13.5. The van der Waals surface area contributed by atoms with Crippen molar-refractivity contribution in [1.82, 2.24) is 5.32 Å². The summed E-state index contributed by atoms with van der Waals surface area (Å²) in [5, 5.41) is 13.8. The van der Waals surface area contributed by atoms with E-state index >= 15 is 0 Å². The molecular formula is C20H24N2O8. The molecule has 0 fully saturated rings. The lowest BCUT2D eigenvalue weighted by Crippen LogP contribution is -2.34. The summed E-state index contributed by atoms with van der Waals surface area (Å²) in [6.07, 6.45) is 0.485. The van der Waals surface area contributed by atoms with Crippen molar-refractivity contribution < 1.29 is 33.5 Å². The molecule has 2 rings (SSSR count). The minimum atomic E-state index is -0.829. The van der Waals surface area contributed by atoms with Crippen LogP contribution in [0.25, 0.3) is 0 Å². The van der Waals surface area contributed by atoms with Crippen molar-refractivity contribution in [2.45, 2.75) is 33.5 Å². The second-order valence-electron chi connectivity index (χ2n) is 5.99. The van der Waals surface area contributed by atoms with E-state index < -0.39 is 23.2 Å². The summed E-state index contributed by atoms with van der Waals surface area (Å²) in [6, 6.07) is 5.26. The molecule has 0 amide bonds. The molecule has 0 aliphatic carbocycles. The van der Waals surface area contributed by atoms with Gasteiger partial charge in [-0.3, -0.25) is 10.1 Å². The molecule has 0 radical (unpaired) electrons. The molecule has 0 bridgehead atoms. The lowest BCUT2D eigenvalue weighted by Gasteiger charge is -2.26. The molecule has 0 spiro atoms. The van der Waals surface area contributed by atoms with E-state index in [1.54, 1.807) is 20.8 Å². The number of nitrogens with zero attached hydrogens (tertiary/aromatic N) is 1. The second kappa shape index (κ2) is 11.1. The zero-order valence-electron chi connectivity index (χ0n) is 17.0. The number of nitrogens with one attached hydrogen (secondary N) is 1. The molecule has 162 valence electrons. The average molecular weight is 420 g/mol. The average Bonchev–Trinajstić information content (AvgIpc) is 2.73. The van der Waals surface area contributed by atoms with Gasteiger partial charge in [0.1, 0.15) is 5.75 Å². The first-order valence-corrected chi connectivity index (χ1v) is 9.46. The Hall–Kier alpha value is -3.24. The van der Waals surface area contributed by atoms with E-state index in [0.29, 0.717) is 18.9 Å². The van der Waals surface area contributed by atoms with E-state index in [1.165, 1.54) is 24.4 Å². The van der Waals surface area contributed by atoms with E-state index in [1.807, 2.05) is 0 Å². The summed E-state index contributed by atoms with van der Waals surface area (Å²) in [6.45, 7) is 6.09. The second-order valence-corrected chi connectivity index (χ2v) is 5.99. The Kier molecular flexibility index (Phi) is 8.51. The first-order chi connectivity index (χ1) is 14.4. The Labute approximate surface area is 173 Å². The minimum Gasteiger partial charge on any atom is -0.463 e. The third-order valence-corrected chi connectivity index (χ3v) is 3.99. The summed E-state index contributed by atoms with van der Waals surface area (Å²) >= 11 is 0. The summed E-state index contributed by atoms with van der Waals surface area (Å²) in [4.78, 5) is 35.3. The monoisotopic (exact) mass is 420 g/mol. The zero-order chi connectivity index (χ0) is 22.1. The van der Waals surface area contributed by atoms with Crippen molar-refractivity contribution in [2.24, 2.45) is 0 Å². The summed E-state index contributed by atoms with van der Waals surface area (Å²) < 4.78 is 21.4. The molecule has 30 heavy (non-hydrogen) atoms. The number of benzene rings is 1. The Morgan fingerprint density at radius 3 is 2.43 bits per heavy atom. The molecule has 1 aliphatic rings. The van der Waals surface area contributed by atoms with Gasteiger partial charge >= 0.3 is 11.9 Å². The standard InChI is InChI=1S/C20H24N2O8/c1-4-27-19(24)16-10-13(12-21-17(16)20(28-5-2)29-6-3)18(23)30-15-9-7-8-14(11-15)22(25)26/h7-9,11-12,20-21H,4-6,10H2,1-3H3. The molecule has 10 nitrogen and oxygen atoms in total. The zero-order valence-corrected chi connectivity index (χ0v) is 17.0. The fourth-order valence-corrected chi connectivity index (χ4v) is 2.68. The highest BCUT2D eigenvalue weighted by atomic mass is 16.7. The minimum absolute atomic E-state index is 0.0177. The number of non-ortho nitro benzene ring substituents is 1. The SMILES string of the molecule is CCOC(=O)C1=C(C(OCC)OCC)NC=C(C(=O)Oc2cccc([N+](=O)[O-])c2)C1. The highest BCUT2D eigenvalue weighted by Gasteiger charge is 2.30. The number of carbonyl (C=O) groups excluding carboxylic acids is 2. The van der Waals surface area contributed by atoms with Gasteiger partial charge in [0, 0.05) is 31.9 Å². The molecule has 0 atom stereocenters. The number of hydrogen-bond donors (Lipinski definition) is 1. The van der Waals surface area contributed by atoms with Gasteiger partial charge in [-0.05, 0) is 26.8 Å². The maximum Gasteiger partial charge on any atom is 0.341 e. The van der Waals surface area contributed by atoms with Gasteiger partial charge in [-0.25, -0.2) is 9.59 Å². The van der Waals surface area contributed by atoms with Crippen LogP contribution in [0.5, 0.6) is 5.75 Å². The predicted molar refractivity (Wildman–Crippen MR) is 105 cm³/mol. The van der Waals surface area contributed by atoms with E-state index in [-0.39, 0.29) is 35.6 Å². The predicted octanol–water partition coefficient (Wildman–Crippen LogP) is 2.59. The molecule has 0 saturated heterocycles. The van der Waals surface area contributed by atoms with Gasteiger partial charge in [-0.15, -0.1) is 0 Å². The van der Waals surface area contributed by atoms with Crippen LogP contribution in [-0.2, 0) is 23.8 Å².